The Labute approximate surface area is 110 Å². The summed E-state index contributed by atoms with van der Waals surface area (Å²) in [6, 6.07) is 8.24. The van der Waals surface area contributed by atoms with Gasteiger partial charge in [0.25, 0.3) is 0 Å². The summed E-state index contributed by atoms with van der Waals surface area (Å²) >= 11 is 0. The minimum absolute atomic E-state index is 0.618. The molecule has 0 saturated heterocycles. The zero-order valence-electron chi connectivity index (χ0n) is 11.6. The van der Waals surface area contributed by atoms with E-state index in [4.69, 9.17) is 9.47 Å². The van der Waals surface area contributed by atoms with Crippen LogP contribution in [0.1, 0.15) is 32.3 Å². The summed E-state index contributed by atoms with van der Waals surface area (Å²) in [6.07, 6.45) is 2.22. The molecule has 0 fully saturated rings. The number of rotatable bonds is 10. The van der Waals surface area contributed by atoms with E-state index in [2.05, 4.69) is 31.3 Å². The smallest absolute Gasteiger partial charge is 0.119 e. The average molecular weight is 251 g/mol. The lowest BCUT2D eigenvalue weighted by molar-refractivity contribution is 0.101. The molecule has 0 aromatic heterocycles. The molecule has 0 bridgehead atoms. The first kappa shape index (κ1) is 15.0. The van der Waals surface area contributed by atoms with E-state index in [-0.39, 0.29) is 0 Å². The lowest BCUT2D eigenvalue weighted by Gasteiger charge is -2.08. The number of benzene rings is 1. The Morgan fingerprint density at radius 1 is 0.944 bits per heavy atom. The standard InChI is InChI=1S/C15H25NO2/c1-3-9-16-13-14-5-7-15(8-6-14)18-12-11-17-10-4-2/h5-8,16H,3-4,9-13H2,1-2H3. The second-order valence-electron chi connectivity index (χ2n) is 4.28. The minimum Gasteiger partial charge on any atom is -0.491 e. The van der Waals surface area contributed by atoms with Crippen molar-refractivity contribution in [1.29, 1.82) is 0 Å². The Bertz CT molecular complexity index is 298. The molecule has 1 N–H and O–H groups in total. The third-order valence-corrected chi connectivity index (χ3v) is 2.52. The molecule has 0 saturated carbocycles. The Hall–Kier alpha value is -1.06. The first-order valence-electron chi connectivity index (χ1n) is 6.87. The Kier molecular flexibility index (Phi) is 8.26. The highest BCUT2D eigenvalue weighted by Gasteiger charge is 1.95. The molecule has 0 radical (unpaired) electrons. The molecule has 1 rings (SSSR count). The highest BCUT2D eigenvalue weighted by atomic mass is 16.5. The molecule has 0 atom stereocenters. The van der Waals surface area contributed by atoms with Crippen LogP contribution in [0.4, 0.5) is 0 Å². The van der Waals surface area contributed by atoms with Crippen molar-refractivity contribution in [3.63, 3.8) is 0 Å². The lowest BCUT2D eigenvalue weighted by atomic mass is 10.2. The van der Waals surface area contributed by atoms with Gasteiger partial charge >= 0.3 is 0 Å². The van der Waals surface area contributed by atoms with Crippen molar-refractivity contribution < 1.29 is 9.47 Å². The van der Waals surface area contributed by atoms with Crippen LogP contribution in [-0.4, -0.2) is 26.4 Å². The van der Waals surface area contributed by atoms with Crippen molar-refractivity contribution in [2.24, 2.45) is 0 Å². The van der Waals surface area contributed by atoms with E-state index in [1.165, 1.54) is 12.0 Å². The summed E-state index contributed by atoms with van der Waals surface area (Å²) in [4.78, 5) is 0. The van der Waals surface area contributed by atoms with Crippen LogP contribution in [0, 0.1) is 0 Å². The fourth-order valence-corrected chi connectivity index (χ4v) is 1.58. The molecule has 1 aromatic carbocycles. The van der Waals surface area contributed by atoms with Crippen molar-refractivity contribution in [3.05, 3.63) is 29.8 Å². The van der Waals surface area contributed by atoms with Gasteiger partial charge in [0.2, 0.25) is 0 Å². The minimum atomic E-state index is 0.618. The van der Waals surface area contributed by atoms with E-state index in [9.17, 15) is 0 Å². The molecular weight excluding hydrogens is 226 g/mol. The zero-order chi connectivity index (χ0) is 13.1. The molecule has 0 aliphatic heterocycles. The van der Waals surface area contributed by atoms with Crippen molar-refractivity contribution in [3.8, 4) is 5.75 Å². The lowest BCUT2D eigenvalue weighted by Crippen LogP contribution is -2.13. The van der Waals surface area contributed by atoms with Gasteiger partial charge in [-0.05, 0) is 37.1 Å². The fraction of sp³-hybridized carbons (Fsp3) is 0.600. The molecule has 102 valence electrons. The van der Waals surface area contributed by atoms with Gasteiger partial charge < -0.3 is 14.8 Å². The van der Waals surface area contributed by atoms with Gasteiger partial charge in [-0.1, -0.05) is 26.0 Å². The van der Waals surface area contributed by atoms with Gasteiger partial charge in [-0.15, -0.1) is 0 Å². The van der Waals surface area contributed by atoms with Gasteiger partial charge in [-0.3, -0.25) is 0 Å². The summed E-state index contributed by atoms with van der Waals surface area (Å²) in [5, 5.41) is 3.38. The van der Waals surface area contributed by atoms with Crippen molar-refractivity contribution in [2.75, 3.05) is 26.4 Å². The quantitative estimate of drug-likeness (QED) is 0.648. The maximum Gasteiger partial charge on any atom is 0.119 e. The highest BCUT2D eigenvalue weighted by Crippen LogP contribution is 2.11. The first-order chi connectivity index (χ1) is 8.86. The fourth-order valence-electron chi connectivity index (χ4n) is 1.58. The van der Waals surface area contributed by atoms with Gasteiger partial charge in [0.1, 0.15) is 12.4 Å². The largest absolute Gasteiger partial charge is 0.491 e. The van der Waals surface area contributed by atoms with E-state index in [0.717, 1.165) is 31.9 Å². The van der Waals surface area contributed by atoms with Crippen molar-refractivity contribution in [2.45, 2.75) is 33.2 Å². The van der Waals surface area contributed by atoms with Crippen LogP contribution in [0.15, 0.2) is 24.3 Å². The maximum atomic E-state index is 5.59. The van der Waals surface area contributed by atoms with Gasteiger partial charge in [-0.2, -0.15) is 0 Å². The van der Waals surface area contributed by atoms with Gasteiger partial charge in [-0.25, -0.2) is 0 Å². The molecule has 1 aromatic rings. The third kappa shape index (κ3) is 6.62. The number of hydrogen-bond donors (Lipinski definition) is 1. The first-order valence-corrected chi connectivity index (χ1v) is 6.87. The molecule has 0 aliphatic carbocycles. The molecule has 0 heterocycles. The maximum absolute atomic E-state index is 5.59. The SMILES string of the molecule is CCCNCc1ccc(OCCOCCC)cc1. The normalized spacial score (nSPS) is 10.6. The van der Waals surface area contributed by atoms with Crippen LogP contribution in [0.5, 0.6) is 5.75 Å². The summed E-state index contributed by atoms with van der Waals surface area (Å²) in [5.41, 5.74) is 1.29. The predicted octanol–water partition coefficient (Wildman–Crippen LogP) is 2.99. The molecule has 3 nitrogen and oxygen atoms in total. The second-order valence-corrected chi connectivity index (χ2v) is 4.28. The van der Waals surface area contributed by atoms with E-state index in [1.807, 2.05) is 12.1 Å². The summed E-state index contributed by atoms with van der Waals surface area (Å²) in [5.74, 6) is 0.911. The zero-order valence-corrected chi connectivity index (χ0v) is 11.6. The average Bonchev–Trinajstić information content (AvgIpc) is 2.40. The van der Waals surface area contributed by atoms with Crippen LogP contribution in [-0.2, 0) is 11.3 Å². The van der Waals surface area contributed by atoms with Gasteiger partial charge in [0.15, 0.2) is 0 Å². The van der Waals surface area contributed by atoms with Crippen LogP contribution in [0.3, 0.4) is 0 Å². The van der Waals surface area contributed by atoms with Crippen LogP contribution < -0.4 is 10.1 Å². The van der Waals surface area contributed by atoms with Crippen molar-refractivity contribution >= 4 is 0 Å². The van der Waals surface area contributed by atoms with Crippen molar-refractivity contribution in [1.82, 2.24) is 5.32 Å². The Morgan fingerprint density at radius 2 is 1.72 bits per heavy atom. The Balaban J connectivity index is 2.19. The molecule has 3 heteroatoms. The van der Waals surface area contributed by atoms with E-state index < -0.39 is 0 Å². The van der Waals surface area contributed by atoms with Gasteiger partial charge in [0.05, 0.1) is 6.61 Å². The molecule has 0 aliphatic rings. The molecular formula is C15H25NO2. The van der Waals surface area contributed by atoms with Crippen LogP contribution in [0.2, 0.25) is 0 Å². The summed E-state index contributed by atoms with van der Waals surface area (Å²) in [7, 11) is 0. The molecule has 0 spiro atoms. The number of hydrogen-bond acceptors (Lipinski definition) is 3. The van der Waals surface area contributed by atoms with E-state index >= 15 is 0 Å². The molecule has 0 amide bonds. The van der Waals surface area contributed by atoms with Crippen LogP contribution in [0.25, 0.3) is 0 Å². The molecule has 18 heavy (non-hydrogen) atoms. The summed E-state index contributed by atoms with van der Waals surface area (Å²) < 4.78 is 10.9. The molecule has 0 unspecified atom stereocenters. The highest BCUT2D eigenvalue weighted by molar-refractivity contribution is 5.27. The number of ether oxygens (including phenoxy) is 2. The monoisotopic (exact) mass is 251 g/mol. The number of nitrogens with one attached hydrogen (secondary N) is 1. The topological polar surface area (TPSA) is 30.5 Å². The van der Waals surface area contributed by atoms with E-state index in [1.54, 1.807) is 0 Å². The third-order valence-electron chi connectivity index (χ3n) is 2.52. The predicted molar refractivity (Wildman–Crippen MR) is 75.0 cm³/mol. The Morgan fingerprint density at radius 3 is 2.39 bits per heavy atom. The van der Waals surface area contributed by atoms with E-state index in [0.29, 0.717) is 13.2 Å². The summed E-state index contributed by atoms with van der Waals surface area (Å²) in [6.45, 7) is 8.35. The van der Waals surface area contributed by atoms with Crippen LogP contribution >= 0.6 is 0 Å². The second kappa shape index (κ2) is 9.92. The van der Waals surface area contributed by atoms with Gasteiger partial charge in [0, 0.05) is 13.2 Å².